The summed E-state index contributed by atoms with van der Waals surface area (Å²) in [6.07, 6.45) is -0.334. The first-order valence-corrected chi connectivity index (χ1v) is 10.8. The summed E-state index contributed by atoms with van der Waals surface area (Å²) in [6.45, 7) is 0.187. The second kappa shape index (κ2) is 9.35. The number of benzene rings is 3. The predicted octanol–water partition coefficient (Wildman–Crippen LogP) is 5.07. The highest BCUT2D eigenvalue weighted by atomic mass is 79.9. The number of halogens is 1. The molecule has 0 fully saturated rings. The van der Waals surface area contributed by atoms with Gasteiger partial charge in [-0.25, -0.2) is 9.59 Å². The lowest BCUT2D eigenvalue weighted by atomic mass is 9.98. The SMILES string of the molecule is COC(=O)C(Cc1ccc(Br)cc1)NC(=O)OCC1c2ccccc2-c2ccccc21. The highest BCUT2D eigenvalue weighted by Gasteiger charge is 2.30. The first-order chi connectivity index (χ1) is 15.1. The van der Waals surface area contributed by atoms with E-state index >= 15 is 0 Å². The maximum atomic E-state index is 12.6. The van der Waals surface area contributed by atoms with Crippen molar-refractivity contribution in [1.82, 2.24) is 5.32 Å². The molecule has 158 valence electrons. The first kappa shape index (κ1) is 21.1. The number of rotatable bonds is 6. The van der Waals surface area contributed by atoms with Crippen LogP contribution in [0.15, 0.2) is 77.3 Å². The molecule has 1 amide bonds. The molecule has 1 aliphatic rings. The van der Waals surface area contributed by atoms with Crippen molar-refractivity contribution < 1.29 is 19.1 Å². The number of carbonyl (C=O) groups excluding carboxylic acids is 2. The van der Waals surface area contributed by atoms with Gasteiger partial charge in [-0.1, -0.05) is 76.6 Å². The minimum Gasteiger partial charge on any atom is -0.467 e. The van der Waals surface area contributed by atoms with Crippen LogP contribution in [0.3, 0.4) is 0 Å². The van der Waals surface area contributed by atoms with Crippen molar-refractivity contribution in [3.05, 3.63) is 94.0 Å². The molecule has 0 spiro atoms. The average molecular weight is 480 g/mol. The lowest BCUT2D eigenvalue weighted by Gasteiger charge is -2.18. The fourth-order valence-electron chi connectivity index (χ4n) is 3.97. The summed E-state index contributed by atoms with van der Waals surface area (Å²) in [6, 6.07) is 23.0. The maximum absolute atomic E-state index is 12.6. The van der Waals surface area contributed by atoms with Crippen molar-refractivity contribution in [2.75, 3.05) is 13.7 Å². The molecule has 0 bridgehead atoms. The van der Waals surface area contributed by atoms with Crippen molar-refractivity contribution in [2.45, 2.75) is 18.4 Å². The monoisotopic (exact) mass is 479 g/mol. The van der Waals surface area contributed by atoms with Crippen LogP contribution < -0.4 is 5.32 Å². The second-order valence-corrected chi connectivity index (χ2v) is 8.29. The Morgan fingerprint density at radius 3 is 2.10 bits per heavy atom. The molecule has 31 heavy (non-hydrogen) atoms. The van der Waals surface area contributed by atoms with Gasteiger partial charge in [-0.2, -0.15) is 0 Å². The zero-order valence-electron chi connectivity index (χ0n) is 17.0. The molecule has 3 aromatic rings. The van der Waals surface area contributed by atoms with Crippen LogP contribution >= 0.6 is 15.9 Å². The Balaban J connectivity index is 1.44. The van der Waals surface area contributed by atoms with E-state index < -0.39 is 18.1 Å². The van der Waals surface area contributed by atoms with Crippen molar-refractivity contribution in [3.8, 4) is 11.1 Å². The lowest BCUT2D eigenvalue weighted by Crippen LogP contribution is -2.43. The minimum atomic E-state index is -0.832. The molecule has 5 nitrogen and oxygen atoms in total. The van der Waals surface area contributed by atoms with E-state index in [0.29, 0.717) is 6.42 Å². The number of hydrogen-bond acceptors (Lipinski definition) is 4. The Kier molecular flexibility index (Phi) is 6.37. The van der Waals surface area contributed by atoms with Crippen molar-refractivity contribution in [2.24, 2.45) is 0 Å². The first-order valence-electron chi connectivity index (χ1n) is 10.0. The molecule has 6 heteroatoms. The third-order valence-corrected chi connectivity index (χ3v) is 6.00. The molecule has 0 saturated heterocycles. The van der Waals surface area contributed by atoms with Gasteiger partial charge in [0.05, 0.1) is 7.11 Å². The summed E-state index contributed by atoms with van der Waals surface area (Å²) >= 11 is 3.39. The fourth-order valence-corrected chi connectivity index (χ4v) is 4.24. The molecule has 0 heterocycles. The molecule has 1 aliphatic carbocycles. The van der Waals surface area contributed by atoms with Crippen molar-refractivity contribution in [3.63, 3.8) is 0 Å². The zero-order chi connectivity index (χ0) is 21.8. The van der Waals surface area contributed by atoms with Gasteiger partial charge in [-0.05, 0) is 39.9 Å². The topological polar surface area (TPSA) is 64.6 Å². The van der Waals surface area contributed by atoms with Gasteiger partial charge in [0, 0.05) is 16.8 Å². The Bertz CT molecular complexity index is 1050. The number of methoxy groups -OCH3 is 1. The molecule has 0 saturated carbocycles. The molecular formula is C25H22BrNO4. The van der Waals surface area contributed by atoms with E-state index in [9.17, 15) is 9.59 Å². The summed E-state index contributed by atoms with van der Waals surface area (Å²) in [7, 11) is 1.30. The predicted molar refractivity (Wildman–Crippen MR) is 122 cm³/mol. The van der Waals surface area contributed by atoms with E-state index in [0.717, 1.165) is 32.3 Å². The summed E-state index contributed by atoms with van der Waals surface area (Å²) in [5.74, 6) is -0.558. The maximum Gasteiger partial charge on any atom is 0.407 e. The zero-order valence-corrected chi connectivity index (χ0v) is 18.6. The number of carbonyl (C=O) groups is 2. The third-order valence-electron chi connectivity index (χ3n) is 5.47. The van der Waals surface area contributed by atoms with E-state index in [4.69, 9.17) is 9.47 Å². The Hall–Kier alpha value is -3.12. The molecule has 1 atom stereocenters. The number of hydrogen-bond donors (Lipinski definition) is 1. The van der Waals surface area contributed by atoms with Gasteiger partial charge < -0.3 is 14.8 Å². The Labute approximate surface area is 189 Å². The van der Waals surface area contributed by atoms with Crippen LogP contribution in [0.1, 0.15) is 22.6 Å². The molecule has 0 aromatic heterocycles. The number of amides is 1. The average Bonchev–Trinajstić information content (AvgIpc) is 3.12. The van der Waals surface area contributed by atoms with Crippen LogP contribution in [0, 0.1) is 0 Å². The van der Waals surface area contributed by atoms with Gasteiger partial charge >= 0.3 is 12.1 Å². The quantitative estimate of drug-likeness (QED) is 0.501. The van der Waals surface area contributed by atoms with Crippen LogP contribution in [0.25, 0.3) is 11.1 Å². The summed E-state index contributed by atoms with van der Waals surface area (Å²) in [4.78, 5) is 24.8. The van der Waals surface area contributed by atoms with Crippen LogP contribution in [0.2, 0.25) is 0 Å². The third kappa shape index (κ3) is 4.64. The lowest BCUT2D eigenvalue weighted by molar-refractivity contribution is -0.143. The molecule has 0 aliphatic heterocycles. The molecule has 0 radical (unpaired) electrons. The highest BCUT2D eigenvalue weighted by molar-refractivity contribution is 9.10. The minimum absolute atomic E-state index is 0.0406. The van der Waals surface area contributed by atoms with Gasteiger partial charge in [0.25, 0.3) is 0 Å². The van der Waals surface area contributed by atoms with Gasteiger partial charge in [0.2, 0.25) is 0 Å². The highest BCUT2D eigenvalue weighted by Crippen LogP contribution is 2.44. The normalized spacial score (nSPS) is 13.1. The summed E-state index contributed by atoms with van der Waals surface area (Å²) < 4.78 is 11.4. The van der Waals surface area contributed by atoms with E-state index in [2.05, 4.69) is 45.5 Å². The summed E-state index contributed by atoms with van der Waals surface area (Å²) in [5.41, 5.74) is 5.49. The number of fused-ring (bicyclic) bond motifs is 3. The van der Waals surface area contributed by atoms with Crippen LogP contribution in [0.5, 0.6) is 0 Å². The van der Waals surface area contributed by atoms with Crippen molar-refractivity contribution >= 4 is 28.0 Å². The van der Waals surface area contributed by atoms with Crippen molar-refractivity contribution in [1.29, 1.82) is 0 Å². The van der Waals surface area contributed by atoms with Gasteiger partial charge in [0.1, 0.15) is 12.6 Å². The van der Waals surface area contributed by atoms with Crippen LogP contribution in [0.4, 0.5) is 4.79 Å². The largest absolute Gasteiger partial charge is 0.467 e. The Morgan fingerprint density at radius 1 is 0.935 bits per heavy atom. The fraction of sp³-hybridized carbons (Fsp3) is 0.200. The number of esters is 1. The standard InChI is InChI=1S/C25H22BrNO4/c1-30-24(28)23(14-16-10-12-17(26)13-11-16)27-25(29)31-15-22-20-8-4-2-6-18(20)19-7-3-5-9-21(19)22/h2-13,22-23H,14-15H2,1H3,(H,27,29). The number of nitrogens with one attached hydrogen (secondary N) is 1. The van der Waals surface area contributed by atoms with Gasteiger partial charge in [-0.3, -0.25) is 0 Å². The van der Waals surface area contributed by atoms with Gasteiger partial charge in [0.15, 0.2) is 0 Å². The van der Waals surface area contributed by atoms with Crippen LogP contribution in [-0.4, -0.2) is 31.8 Å². The van der Waals surface area contributed by atoms with E-state index in [-0.39, 0.29) is 12.5 Å². The molecule has 1 N–H and O–H groups in total. The van der Waals surface area contributed by atoms with E-state index in [1.165, 1.54) is 7.11 Å². The number of alkyl carbamates (subject to hydrolysis) is 1. The van der Waals surface area contributed by atoms with E-state index in [1.807, 2.05) is 48.5 Å². The molecular weight excluding hydrogens is 458 g/mol. The van der Waals surface area contributed by atoms with E-state index in [1.54, 1.807) is 0 Å². The second-order valence-electron chi connectivity index (χ2n) is 7.38. The Morgan fingerprint density at radius 2 is 1.52 bits per heavy atom. The molecule has 3 aromatic carbocycles. The summed E-state index contributed by atoms with van der Waals surface area (Å²) in [5, 5.41) is 2.66. The smallest absolute Gasteiger partial charge is 0.407 e. The van der Waals surface area contributed by atoms with Crippen LogP contribution in [-0.2, 0) is 20.7 Å². The molecule has 4 rings (SSSR count). The van der Waals surface area contributed by atoms with Gasteiger partial charge in [-0.15, -0.1) is 0 Å². The molecule has 1 unspecified atom stereocenters. The number of ether oxygens (including phenoxy) is 2.